The fourth-order valence-corrected chi connectivity index (χ4v) is 1.56. The van der Waals surface area contributed by atoms with Gasteiger partial charge in [-0.1, -0.05) is 19.8 Å². The number of carbonyl (C=O) groups is 1. The van der Waals surface area contributed by atoms with Crippen molar-refractivity contribution in [2.24, 2.45) is 11.7 Å². The number of aliphatic hydroxyl groups is 1. The van der Waals surface area contributed by atoms with Crippen molar-refractivity contribution in [3.63, 3.8) is 0 Å². The van der Waals surface area contributed by atoms with Gasteiger partial charge in [0.1, 0.15) is 6.10 Å². The molecule has 1 rings (SSSR count). The van der Waals surface area contributed by atoms with E-state index in [1.165, 1.54) is 0 Å². The number of nitrogens with two attached hydrogens (primary N) is 1. The zero-order valence-electron chi connectivity index (χ0n) is 8.91. The lowest BCUT2D eigenvalue weighted by Gasteiger charge is -2.17. The Morgan fingerprint density at radius 3 is 2.71 bits per heavy atom. The van der Waals surface area contributed by atoms with Gasteiger partial charge in [-0.25, -0.2) is 0 Å². The Morgan fingerprint density at radius 1 is 1.57 bits per heavy atom. The van der Waals surface area contributed by atoms with Crippen LogP contribution < -0.4 is 5.73 Å². The lowest BCUT2D eigenvalue weighted by atomic mass is 9.99. The SMILES string of the molecule is CCCC[C@H](N)C(O)C(=O)CC1CC1. The topological polar surface area (TPSA) is 63.3 Å². The van der Waals surface area contributed by atoms with E-state index in [0.717, 1.165) is 32.1 Å². The van der Waals surface area contributed by atoms with Gasteiger partial charge in [-0.2, -0.15) is 0 Å². The second-order valence-corrected chi connectivity index (χ2v) is 4.36. The number of Topliss-reactive ketones (excluding diaryl/α,β-unsaturated/α-hetero) is 1. The molecule has 0 spiro atoms. The molecule has 1 saturated carbocycles. The molecular formula is C11H21NO2. The highest BCUT2D eigenvalue weighted by atomic mass is 16.3. The molecule has 0 aromatic heterocycles. The van der Waals surface area contributed by atoms with Crippen LogP contribution in [0.3, 0.4) is 0 Å². The summed E-state index contributed by atoms with van der Waals surface area (Å²) < 4.78 is 0. The summed E-state index contributed by atoms with van der Waals surface area (Å²) in [7, 11) is 0. The van der Waals surface area contributed by atoms with Gasteiger partial charge in [-0.05, 0) is 25.2 Å². The molecule has 0 heterocycles. The summed E-state index contributed by atoms with van der Waals surface area (Å²) in [5.74, 6) is 0.478. The molecule has 82 valence electrons. The fourth-order valence-electron chi connectivity index (χ4n) is 1.56. The molecule has 0 radical (unpaired) electrons. The summed E-state index contributed by atoms with van der Waals surface area (Å²) in [5, 5.41) is 9.61. The minimum atomic E-state index is -0.929. The first-order valence-electron chi connectivity index (χ1n) is 5.61. The summed E-state index contributed by atoms with van der Waals surface area (Å²) in [6, 6.07) is -0.360. The second-order valence-electron chi connectivity index (χ2n) is 4.36. The molecule has 14 heavy (non-hydrogen) atoms. The second kappa shape index (κ2) is 5.47. The Hall–Kier alpha value is -0.410. The van der Waals surface area contributed by atoms with E-state index in [4.69, 9.17) is 5.73 Å². The highest BCUT2D eigenvalue weighted by molar-refractivity contribution is 5.84. The highest BCUT2D eigenvalue weighted by Gasteiger charge is 2.29. The van der Waals surface area contributed by atoms with Gasteiger partial charge in [0.25, 0.3) is 0 Å². The maximum Gasteiger partial charge on any atom is 0.163 e. The van der Waals surface area contributed by atoms with Gasteiger partial charge >= 0.3 is 0 Å². The van der Waals surface area contributed by atoms with E-state index >= 15 is 0 Å². The van der Waals surface area contributed by atoms with Crippen molar-refractivity contribution in [3.05, 3.63) is 0 Å². The lowest BCUT2D eigenvalue weighted by molar-refractivity contribution is -0.128. The van der Waals surface area contributed by atoms with E-state index in [0.29, 0.717) is 12.3 Å². The smallest absolute Gasteiger partial charge is 0.163 e. The molecule has 3 N–H and O–H groups in total. The largest absolute Gasteiger partial charge is 0.384 e. The van der Waals surface area contributed by atoms with Crippen molar-refractivity contribution in [3.8, 4) is 0 Å². The molecule has 1 unspecified atom stereocenters. The van der Waals surface area contributed by atoms with Crippen molar-refractivity contribution in [2.75, 3.05) is 0 Å². The van der Waals surface area contributed by atoms with Gasteiger partial charge < -0.3 is 10.8 Å². The van der Waals surface area contributed by atoms with Crippen molar-refractivity contribution >= 4 is 5.78 Å². The molecule has 0 amide bonds. The first kappa shape index (κ1) is 11.7. The predicted octanol–water partition coefficient (Wildman–Crippen LogP) is 1.23. The van der Waals surface area contributed by atoms with Crippen LogP contribution in [0.15, 0.2) is 0 Å². The maximum absolute atomic E-state index is 11.5. The molecule has 3 heteroatoms. The van der Waals surface area contributed by atoms with Crippen LogP contribution in [0, 0.1) is 5.92 Å². The number of rotatable bonds is 7. The van der Waals surface area contributed by atoms with Gasteiger partial charge in [0.05, 0.1) is 0 Å². The van der Waals surface area contributed by atoms with Crippen LogP contribution in [0.1, 0.15) is 45.4 Å². The van der Waals surface area contributed by atoms with E-state index in [1.54, 1.807) is 0 Å². The zero-order chi connectivity index (χ0) is 10.6. The van der Waals surface area contributed by atoms with E-state index in [9.17, 15) is 9.90 Å². The third-order valence-corrected chi connectivity index (χ3v) is 2.81. The quantitative estimate of drug-likeness (QED) is 0.648. The third kappa shape index (κ3) is 3.76. The van der Waals surface area contributed by atoms with Crippen LogP contribution >= 0.6 is 0 Å². The molecule has 2 atom stereocenters. The third-order valence-electron chi connectivity index (χ3n) is 2.81. The van der Waals surface area contributed by atoms with Gasteiger partial charge in [0, 0.05) is 12.5 Å². The summed E-state index contributed by atoms with van der Waals surface area (Å²) in [6.45, 7) is 2.07. The molecule has 0 bridgehead atoms. The highest BCUT2D eigenvalue weighted by Crippen LogP contribution is 2.33. The van der Waals surface area contributed by atoms with Crippen molar-refractivity contribution in [2.45, 2.75) is 57.6 Å². The van der Waals surface area contributed by atoms with E-state index in [-0.39, 0.29) is 11.8 Å². The van der Waals surface area contributed by atoms with Crippen LogP contribution in [0.2, 0.25) is 0 Å². The van der Waals surface area contributed by atoms with E-state index in [2.05, 4.69) is 6.92 Å². The normalized spacial score (nSPS) is 20.5. The average molecular weight is 199 g/mol. The molecule has 0 aliphatic heterocycles. The minimum absolute atomic E-state index is 0.0592. The van der Waals surface area contributed by atoms with Crippen molar-refractivity contribution in [1.29, 1.82) is 0 Å². The number of hydrogen-bond acceptors (Lipinski definition) is 3. The Morgan fingerprint density at radius 2 is 2.21 bits per heavy atom. The molecule has 0 aromatic carbocycles. The molecular weight excluding hydrogens is 178 g/mol. The van der Waals surface area contributed by atoms with E-state index in [1.807, 2.05) is 0 Å². The first-order valence-corrected chi connectivity index (χ1v) is 5.61. The molecule has 1 aliphatic rings. The summed E-state index contributed by atoms with van der Waals surface area (Å²) in [5.41, 5.74) is 5.73. The summed E-state index contributed by atoms with van der Waals surface area (Å²) in [4.78, 5) is 11.5. The number of ketones is 1. The number of carbonyl (C=O) groups excluding carboxylic acids is 1. The Labute approximate surface area is 85.7 Å². The van der Waals surface area contributed by atoms with E-state index < -0.39 is 6.10 Å². The molecule has 3 nitrogen and oxygen atoms in total. The first-order chi connectivity index (χ1) is 6.65. The minimum Gasteiger partial charge on any atom is -0.384 e. The zero-order valence-corrected chi connectivity index (χ0v) is 8.91. The summed E-state index contributed by atoms with van der Waals surface area (Å²) >= 11 is 0. The fraction of sp³-hybridized carbons (Fsp3) is 0.909. The van der Waals surface area contributed by atoms with Crippen LogP contribution in [0.4, 0.5) is 0 Å². The lowest BCUT2D eigenvalue weighted by Crippen LogP contribution is -2.40. The van der Waals surface area contributed by atoms with Crippen molar-refractivity contribution < 1.29 is 9.90 Å². The summed E-state index contributed by atoms with van der Waals surface area (Å²) in [6.07, 6.45) is 4.66. The Kier molecular flexibility index (Phi) is 4.55. The average Bonchev–Trinajstić information content (AvgIpc) is 2.96. The monoisotopic (exact) mass is 199 g/mol. The Balaban J connectivity index is 2.22. The van der Waals surface area contributed by atoms with Crippen LogP contribution in [0.5, 0.6) is 0 Å². The van der Waals surface area contributed by atoms with Gasteiger partial charge in [-0.3, -0.25) is 4.79 Å². The van der Waals surface area contributed by atoms with Crippen molar-refractivity contribution in [1.82, 2.24) is 0 Å². The molecule has 0 aromatic rings. The number of unbranched alkanes of at least 4 members (excludes halogenated alkanes) is 1. The number of aliphatic hydroxyl groups excluding tert-OH is 1. The molecule has 0 saturated heterocycles. The van der Waals surface area contributed by atoms with Crippen LogP contribution in [0.25, 0.3) is 0 Å². The van der Waals surface area contributed by atoms with Crippen LogP contribution in [-0.2, 0) is 4.79 Å². The standard InChI is InChI=1S/C11H21NO2/c1-2-3-4-9(12)11(14)10(13)7-8-5-6-8/h8-9,11,14H,2-7,12H2,1H3/t9-,11?/m0/s1. The van der Waals surface area contributed by atoms with Gasteiger partial charge in [-0.15, -0.1) is 0 Å². The molecule has 1 fully saturated rings. The molecule has 1 aliphatic carbocycles. The van der Waals surface area contributed by atoms with Gasteiger partial charge in [0.15, 0.2) is 5.78 Å². The maximum atomic E-state index is 11.5. The predicted molar refractivity (Wildman–Crippen MR) is 55.9 cm³/mol. The van der Waals surface area contributed by atoms with Crippen LogP contribution in [-0.4, -0.2) is 23.0 Å². The number of hydrogen-bond donors (Lipinski definition) is 2. The van der Waals surface area contributed by atoms with Gasteiger partial charge in [0.2, 0.25) is 0 Å². The Bertz CT molecular complexity index is 190.